The maximum absolute atomic E-state index is 11.5. The van der Waals surface area contributed by atoms with E-state index in [1.54, 1.807) is 13.8 Å². The minimum atomic E-state index is -1.50. The van der Waals surface area contributed by atoms with E-state index in [2.05, 4.69) is 0 Å². The van der Waals surface area contributed by atoms with Crippen molar-refractivity contribution < 1.29 is 82.7 Å². The van der Waals surface area contributed by atoms with Crippen molar-refractivity contribution in [1.82, 2.24) is 0 Å². The summed E-state index contributed by atoms with van der Waals surface area (Å²) in [5, 5.41) is 64.2. The summed E-state index contributed by atoms with van der Waals surface area (Å²) < 4.78 is 63.3. The van der Waals surface area contributed by atoms with E-state index in [9.17, 15) is 30.6 Å². The molecule has 0 saturated carbocycles. The van der Waals surface area contributed by atoms with Gasteiger partial charge in [-0.25, -0.2) is 0 Å². The van der Waals surface area contributed by atoms with Crippen LogP contribution in [-0.4, -0.2) is 182 Å². The van der Waals surface area contributed by atoms with Gasteiger partial charge in [0.2, 0.25) is 0 Å². The van der Waals surface area contributed by atoms with Gasteiger partial charge >= 0.3 is 0 Å². The van der Waals surface area contributed by atoms with Crippen LogP contribution in [0.2, 0.25) is 0 Å². The van der Waals surface area contributed by atoms with Crippen LogP contribution in [0.5, 0.6) is 0 Å². The lowest BCUT2D eigenvalue weighted by Gasteiger charge is -2.49. The van der Waals surface area contributed by atoms with Crippen molar-refractivity contribution in [1.29, 1.82) is 0 Å². The Morgan fingerprint density at radius 3 is 1.91 bits per heavy atom. The molecule has 17 heteroatoms. The zero-order valence-corrected chi connectivity index (χ0v) is 26.6. The minimum absolute atomic E-state index is 0.0778. The standard InChI is InChI=1S/C28H50O17/c1-11-19(36-5)21(43-15-8-28(3,34)24(33)12(2)40-15)18(32)25(41-11)44-20-14(10-35-4)42-27(23(38-7)17(20)31)45-26-22(37-6)16(30)13(29)9-39-26/h11-27,29-34H,8-10H2,1-7H3/t11-,12-,13+,14-,15+,16-,17+,18-,19+,20-,21-,22-,23+,24-,25+,26+,27+,28-/m1/s1. The van der Waals surface area contributed by atoms with Crippen LogP contribution in [0.1, 0.15) is 27.2 Å². The average Bonchev–Trinajstić information content (AvgIpc) is 2.98. The van der Waals surface area contributed by atoms with Gasteiger partial charge in [0.05, 0.1) is 31.0 Å². The highest BCUT2D eigenvalue weighted by Crippen LogP contribution is 2.36. The molecule has 0 amide bonds. The molecule has 4 aliphatic heterocycles. The Morgan fingerprint density at radius 2 is 1.31 bits per heavy atom. The first-order chi connectivity index (χ1) is 21.3. The summed E-state index contributed by atoms with van der Waals surface area (Å²) in [6.45, 7) is 4.46. The van der Waals surface area contributed by atoms with Crippen LogP contribution in [0.3, 0.4) is 0 Å². The summed E-state index contributed by atoms with van der Waals surface area (Å²) in [6.07, 6.45) is -19.0. The lowest BCUT2D eigenvalue weighted by molar-refractivity contribution is -0.392. The van der Waals surface area contributed by atoms with E-state index >= 15 is 0 Å². The molecule has 0 aromatic heterocycles. The van der Waals surface area contributed by atoms with Crippen molar-refractivity contribution in [2.24, 2.45) is 0 Å². The van der Waals surface area contributed by atoms with Crippen molar-refractivity contribution in [3.63, 3.8) is 0 Å². The highest BCUT2D eigenvalue weighted by molar-refractivity contribution is 4.97. The Balaban J connectivity index is 1.50. The third-order valence-electron chi connectivity index (χ3n) is 8.84. The lowest BCUT2D eigenvalue weighted by atomic mass is 9.89. The quantitative estimate of drug-likeness (QED) is 0.130. The fraction of sp³-hybridized carbons (Fsp3) is 1.00. The monoisotopic (exact) mass is 658 g/mol. The number of hydrogen-bond donors (Lipinski definition) is 6. The van der Waals surface area contributed by atoms with Crippen molar-refractivity contribution in [3.8, 4) is 0 Å². The van der Waals surface area contributed by atoms with Gasteiger partial charge in [-0.15, -0.1) is 0 Å². The number of rotatable bonds is 11. The Morgan fingerprint density at radius 1 is 0.667 bits per heavy atom. The average molecular weight is 659 g/mol. The molecule has 0 aromatic rings. The topological polar surface area (TPSA) is 223 Å². The third kappa shape index (κ3) is 7.97. The molecule has 0 unspecified atom stereocenters. The van der Waals surface area contributed by atoms with E-state index in [1.165, 1.54) is 35.4 Å². The predicted molar refractivity (Wildman–Crippen MR) is 147 cm³/mol. The summed E-state index contributed by atoms with van der Waals surface area (Å²) in [4.78, 5) is 0. The molecule has 6 N–H and O–H groups in total. The molecule has 264 valence electrons. The largest absolute Gasteiger partial charge is 0.388 e. The van der Waals surface area contributed by atoms with Crippen LogP contribution >= 0.6 is 0 Å². The molecule has 0 bridgehead atoms. The van der Waals surface area contributed by atoms with Gasteiger partial charge < -0.3 is 82.7 Å². The summed E-state index contributed by atoms with van der Waals surface area (Å²) >= 11 is 0. The molecule has 18 atom stereocenters. The number of aliphatic hydroxyl groups excluding tert-OH is 5. The fourth-order valence-electron chi connectivity index (χ4n) is 6.31. The Kier molecular flexibility index (Phi) is 13.0. The van der Waals surface area contributed by atoms with E-state index < -0.39 is 110 Å². The van der Waals surface area contributed by atoms with Gasteiger partial charge in [-0.2, -0.15) is 0 Å². The molecule has 0 radical (unpaired) electrons. The van der Waals surface area contributed by atoms with Gasteiger partial charge in [0, 0.05) is 34.9 Å². The van der Waals surface area contributed by atoms with Crippen molar-refractivity contribution in [2.45, 2.75) is 137 Å². The van der Waals surface area contributed by atoms with Crippen molar-refractivity contribution in [2.75, 3.05) is 41.7 Å². The van der Waals surface area contributed by atoms with Gasteiger partial charge in [-0.05, 0) is 20.8 Å². The van der Waals surface area contributed by atoms with E-state index in [0.29, 0.717) is 0 Å². The zero-order chi connectivity index (χ0) is 33.2. The Labute approximate surface area is 262 Å². The first-order valence-electron chi connectivity index (χ1n) is 15.0. The van der Waals surface area contributed by atoms with Crippen LogP contribution < -0.4 is 0 Å². The second-order valence-electron chi connectivity index (χ2n) is 12.2. The molecule has 45 heavy (non-hydrogen) atoms. The summed E-state index contributed by atoms with van der Waals surface area (Å²) in [6, 6.07) is 0. The molecule has 0 aromatic carbocycles. The summed E-state index contributed by atoms with van der Waals surface area (Å²) in [5.74, 6) is 0. The third-order valence-corrected chi connectivity index (χ3v) is 8.84. The van der Waals surface area contributed by atoms with Crippen LogP contribution in [0.4, 0.5) is 0 Å². The number of ether oxygens (including phenoxy) is 11. The number of hydrogen-bond acceptors (Lipinski definition) is 17. The van der Waals surface area contributed by atoms with Crippen LogP contribution in [-0.2, 0) is 52.1 Å². The molecule has 4 heterocycles. The molecule has 4 rings (SSSR count). The first kappa shape index (κ1) is 37.1. The molecule has 4 fully saturated rings. The number of methoxy groups -OCH3 is 4. The first-order valence-corrected chi connectivity index (χ1v) is 15.0. The molecule has 4 saturated heterocycles. The molecule has 0 spiro atoms. The normalized spacial score (nSPS) is 51.3. The van der Waals surface area contributed by atoms with E-state index in [0.717, 1.165) is 0 Å². The zero-order valence-electron chi connectivity index (χ0n) is 26.6. The second-order valence-corrected chi connectivity index (χ2v) is 12.2. The maximum atomic E-state index is 11.5. The van der Waals surface area contributed by atoms with Gasteiger partial charge in [0.1, 0.15) is 67.1 Å². The maximum Gasteiger partial charge on any atom is 0.190 e. The molecular weight excluding hydrogens is 608 g/mol. The second kappa shape index (κ2) is 15.7. The molecule has 17 nitrogen and oxygen atoms in total. The fourth-order valence-corrected chi connectivity index (χ4v) is 6.31. The summed E-state index contributed by atoms with van der Waals surface area (Å²) in [5.41, 5.74) is -1.50. The van der Waals surface area contributed by atoms with Crippen LogP contribution in [0.15, 0.2) is 0 Å². The van der Waals surface area contributed by atoms with Gasteiger partial charge in [-0.1, -0.05) is 0 Å². The summed E-state index contributed by atoms with van der Waals surface area (Å²) in [7, 11) is 5.50. The van der Waals surface area contributed by atoms with E-state index in [-0.39, 0.29) is 19.6 Å². The minimum Gasteiger partial charge on any atom is -0.388 e. The van der Waals surface area contributed by atoms with Gasteiger partial charge in [-0.3, -0.25) is 0 Å². The van der Waals surface area contributed by atoms with E-state index in [1.807, 2.05) is 0 Å². The van der Waals surface area contributed by atoms with Crippen LogP contribution in [0, 0.1) is 0 Å². The predicted octanol–water partition coefficient (Wildman–Crippen LogP) is -3.02. The molecular formula is C28H50O17. The van der Waals surface area contributed by atoms with Gasteiger partial charge in [0.25, 0.3) is 0 Å². The Hall–Kier alpha value is -0.680. The van der Waals surface area contributed by atoms with Crippen LogP contribution in [0.25, 0.3) is 0 Å². The van der Waals surface area contributed by atoms with E-state index in [4.69, 9.17) is 52.1 Å². The van der Waals surface area contributed by atoms with Crippen molar-refractivity contribution in [3.05, 3.63) is 0 Å². The van der Waals surface area contributed by atoms with Crippen molar-refractivity contribution >= 4 is 0 Å². The molecule has 4 aliphatic rings. The highest BCUT2D eigenvalue weighted by atomic mass is 16.8. The lowest BCUT2D eigenvalue weighted by Crippen LogP contribution is -2.66. The SMILES string of the molecule is COC[C@H]1O[C@@H](O[C@@H]2OC[C@H](O)[C@@H](O)[C@H]2OC)[C@@H](OC)[C@@H](O)[C@@H]1O[C@@H]1O[C@H](C)[C@H](OC)[C@H](O[C@H]2C[C@@](C)(O)[C@H](O)[C@@H](C)O2)[C@H]1O. The highest BCUT2D eigenvalue weighted by Gasteiger charge is 2.54. The molecule has 0 aliphatic carbocycles. The van der Waals surface area contributed by atoms with Gasteiger partial charge in [0.15, 0.2) is 25.2 Å². The Bertz CT molecular complexity index is 910. The smallest absolute Gasteiger partial charge is 0.190 e. The number of aliphatic hydroxyl groups is 6.